The number of nitro groups is 2. The maximum atomic E-state index is 11.4. The molecule has 0 fully saturated rings. The Labute approximate surface area is 354 Å². The summed E-state index contributed by atoms with van der Waals surface area (Å²) in [7, 11) is -9.46. The predicted molar refractivity (Wildman–Crippen MR) is 206 cm³/mol. The van der Waals surface area contributed by atoms with Gasteiger partial charge in [0.1, 0.15) is 43.1 Å². The molecule has 0 radical (unpaired) electrons. The van der Waals surface area contributed by atoms with Crippen LogP contribution in [-0.2, 0) is 33.1 Å². The van der Waals surface area contributed by atoms with Gasteiger partial charge in [0.2, 0.25) is 0 Å². The third-order valence-corrected chi connectivity index (χ3v) is 10.1. The number of aromatic hydroxyl groups is 2. The number of aryl methyl sites for hydroxylation is 2. The molecule has 18 nitrogen and oxygen atoms in total. The number of benzene rings is 6. The van der Waals surface area contributed by atoms with Gasteiger partial charge in [0.15, 0.2) is 0 Å². The smallest absolute Gasteiger partial charge is 0.744 e. The van der Waals surface area contributed by atoms with Crippen LogP contribution < -0.4 is 0 Å². The maximum absolute atomic E-state index is 11.4. The van der Waals surface area contributed by atoms with E-state index in [0.29, 0.717) is 24.0 Å². The largest absolute Gasteiger partial charge is 2.00 e. The minimum absolute atomic E-state index is 0. The van der Waals surface area contributed by atoms with E-state index in [0.717, 1.165) is 12.1 Å². The van der Waals surface area contributed by atoms with Crippen LogP contribution in [0.15, 0.2) is 127 Å². The molecule has 6 aromatic carbocycles. The summed E-state index contributed by atoms with van der Waals surface area (Å²) in [6.07, 6.45) is 0.953. The van der Waals surface area contributed by atoms with Crippen molar-refractivity contribution < 1.29 is 46.0 Å². The molecular formula is C36H28CaN6O12S2. The van der Waals surface area contributed by atoms with Crippen LogP contribution in [-0.4, -0.2) is 83.7 Å². The first-order valence-electron chi connectivity index (χ1n) is 16.2. The van der Waals surface area contributed by atoms with Crippen molar-refractivity contribution in [1.29, 1.82) is 0 Å². The number of hydrogen-bond acceptors (Lipinski definition) is 16. The van der Waals surface area contributed by atoms with Crippen molar-refractivity contribution in [2.75, 3.05) is 0 Å². The summed E-state index contributed by atoms with van der Waals surface area (Å²) < 4.78 is 68.7. The Hall–Kier alpha value is -5.48. The third-order valence-electron chi connectivity index (χ3n) is 8.31. The standard InChI is InChI=1S/2C18H15N3O6S.Ca/c2*1-2-11-6-7-12(10-15(11)21(23)24)19-20-18-14-4-3-5-17(28(25,26)27)13(14)8-9-16(18)22;/h2*3-10,22H,2H2,1H3,(H,25,26,27);/q;;+2/p-2. The topological polar surface area (TPSA) is 291 Å². The number of nitrogens with zero attached hydrogens (tertiary/aromatic N) is 6. The molecule has 6 aromatic rings. The summed E-state index contributed by atoms with van der Waals surface area (Å²) in [6.45, 7) is 3.58. The predicted octanol–water partition coefficient (Wildman–Crippen LogP) is 8.29. The Morgan fingerprint density at radius 2 is 0.912 bits per heavy atom. The van der Waals surface area contributed by atoms with Crippen molar-refractivity contribution >= 4 is 114 Å². The molecule has 0 aliphatic rings. The van der Waals surface area contributed by atoms with Crippen molar-refractivity contribution in [3.63, 3.8) is 0 Å². The average Bonchev–Trinajstić information content (AvgIpc) is 3.15. The van der Waals surface area contributed by atoms with E-state index in [-0.39, 0.29) is 105 Å². The van der Waals surface area contributed by atoms with Crippen LogP contribution in [0.1, 0.15) is 25.0 Å². The summed E-state index contributed by atoms with van der Waals surface area (Å²) in [6, 6.07) is 21.8. The number of phenols is 2. The fourth-order valence-corrected chi connectivity index (χ4v) is 7.02. The zero-order valence-corrected chi connectivity index (χ0v) is 33.7. The van der Waals surface area contributed by atoms with E-state index in [4.69, 9.17) is 0 Å². The van der Waals surface area contributed by atoms with Gasteiger partial charge in [-0.2, -0.15) is 10.2 Å². The van der Waals surface area contributed by atoms with Crippen molar-refractivity contribution in [3.8, 4) is 11.5 Å². The fourth-order valence-electron chi connectivity index (χ4n) is 5.63. The number of nitro benzene ring substituents is 2. The van der Waals surface area contributed by atoms with Crippen LogP contribution in [0.4, 0.5) is 34.1 Å². The van der Waals surface area contributed by atoms with E-state index in [1.54, 1.807) is 38.1 Å². The second-order valence-electron chi connectivity index (χ2n) is 11.7. The SMILES string of the molecule is CCc1ccc(N=Nc2c(O)ccc3c(S(=O)(=O)[O-])cccc23)cc1[N+](=O)[O-].CCc1ccc(N=Nc2c(O)ccc3c(S(=O)(=O)[O-])cccc23)cc1[N+](=O)[O-].[Ca+2]. The molecule has 0 saturated carbocycles. The van der Waals surface area contributed by atoms with Crippen LogP contribution in [0.5, 0.6) is 11.5 Å². The molecule has 2 N–H and O–H groups in total. The molecule has 57 heavy (non-hydrogen) atoms. The summed E-state index contributed by atoms with van der Waals surface area (Å²) in [5.41, 5.74) is 1.17. The van der Waals surface area contributed by atoms with Crippen molar-refractivity contribution in [3.05, 3.63) is 128 Å². The van der Waals surface area contributed by atoms with Gasteiger partial charge in [0, 0.05) is 44.8 Å². The Morgan fingerprint density at radius 3 is 1.23 bits per heavy atom. The molecule has 0 bridgehead atoms. The number of azo groups is 2. The molecule has 0 unspecified atom stereocenters. The Balaban J connectivity index is 0.000000248. The van der Waals surface area contributed by atoms with Crippen LogP contribution >= 0.6 is 0 Å². The fraction of sp³-hybridized carbons (Fsp3) is 0.111. The number of rotatable bonds is 10. The number of phenolic OH excluding ortho intramolecular Hbond substituents is 2. The third kappa shape index (κ3) is 10.1. The minimum Gasteiger partial charge on any atom is -0.744 e. The average molecular weight is 841 g/mol. The van der Waals surface area contributed by atoms with Crippen molar-refractivity contribution in [1.82, 2.24) is 0 Å². The van der Waals surface area contributed by atoms with Crippen molar-refractivity contribution in [2.24, 2.45) is 20.5 Å². The zero-order chi connectivity index (χ0) is 40.9. The molecule has 6 rings (SSSR count). The molecular weight excluding hydrogens is 813 g/mol. The van der Waals surface area contributed by atoms with Gasteiger partial charge in [0.25, 0.3) is 11.4 Å². The van der Waals surface area contributed by atoms with E-state index in [1.165, 1.54) is 60.7 Å². The molecule has 21 heteroatoms. The minimum atomic E-state index is -4.73. The van der Waals surface area contributed by atoms with Gasteiger partial charge in [0.05, 0.1) is 31.0 Å². The molecule has 0 saturated heterocycles. The molecule has 0 atom stereocenters. The van der Waals surface area contributed by atoms with E-state index in [1.807, 2.05) is 0 Å². The summed E-state index contributed by atoms with van der Waals surface area (Å²) in [5.74, 6) is -0.562. The van der Waals surface area contributed by atoms with Gasteiger partial charge in [-0.05, 0) is 73.5 Å². The summed E-state index contributed by atoms with van der Waals surface area (Å²) in [5, 5.41) is 58.9. The summed E-state index contributed by atoms with van der Waals surface area (Å²) >= 11 is 0. The van der Waals surface area contributed by atoms with Crippen LogP contribution in [0.2, 0.25) is 0 Å². The van der Waals surface area contributed by atoms with E-state index < -0.39 is 39.9 Å². The van der Waals surface area contributed by atoms with Gasteiger partial charge in [-0.1, -0.05) is 38.1 Å². The van der Waals surface area contributed by atoms with Gasteiger partial charge in [-0.25, -0.2) is 16.8 Å². The Morgan fingerprint density at radius 1 is 0.544 bits per heavy atom. The molecule has 0 aliphatic heterocycles. The Kier molecular flexibility index (Phi) is 14.1. The zero-order valence-electron chi connectivity index (χ0n) is 29.8. The van der Waals surface area contributed by atoms with Gasteiger partial charge < -0.3 is 19.3 Å². The first-order valence-corrected chi connectivity index (χ1v) is 19.1. The second kappa shape index (κ2) is 18.2. The summed E-state index contributed by atoms with van der Waals surface area (Å²) in [4.78, 5) is 20.4. The van der Waals surface area contributed by atoms with Gasteiger partial charge in [-0.3, -0.25) is 20.2 Å². The molecule has 0 aliphatic carbocycles. The molecule has 0 amide bonds. The van der Waals surface area contributed by atoms with Gasteiger partial charge >= 0.3 is 37.7 Å². The molecule has 0 heterocycles. The second-order valence-corrected chi connectivity index (χ2v) is 14.4. The molecule has 288 valence electrons. The quantitative estimate of drug-likeness (QED) is 0.0433. The van der Waals surface area contributed by atoms with Crippen LogP contribution in [0.3, 0.4) is 0 Å². The Bertz CT molecular complexity index is 2640. The number of fused-ring (bicyclic) bond motifs is 2. The first kappa shape index (κ1) is 44.2. The number of hydrogen-bond donors (Lipinski definition) is 2. The van der Waals surface area contributed by atoms with E-state index in [2.05, 4.69) is 20.5 Å². The normalized spacial score (nSPS) is 11.7. The van der Waals surface area contributed by atoms with Crippen LogP contribution in [0, 0.1) is 20.2 Å². The van der Waals surface area contributed by atoms with Gasteiger partial charge in [-0.15, -0.1) is 10.2 Å². The van der Waals surface area contributed by atoms with E-state index in [9.17, 15) is 56.4 Å². The monoisotopic (exact) mass is 840 g/mol. The van der Waals surface area contributed by atoms with E-state index >= 15 is 0 Å². The first-order chi connectivity index (χ1) is 26.4. The van der Waals surface area contributed by atoms with Crippen LogP contribution in [0.25, 0.3) is 21.5 Å². The van der Waals surface area contributed by atoms with Crippen molar-refractivity contribution in [2.45, 2.75) is 36.5 Å². The molecule has 0 aromatic heterocycles. The maximum Gasteiger partial charge on any atom is 2.00 e. The molecule has 0 spiro atoms.